The van der Waals surface area contributed by atoms with Crippen molar-refractivity contribution >= 4 is 81.2 Å². The summed E-state index contributed by atoms with van der Waals surface area (Å²) in [6, 6.07) is 29.7. The second-order valence-corrected chi connectivity index (χ2v) is 9.70. The summed E-state index contributed by atoms with van der Waals surface area (Å²) in [5.41, 5.74) is 3.86. The van der Waals surface area contributed by atoms with E-state index in [-0.39, 0.29) is 0 Å². The number of hydrogen-bond donors (Lipinski definition) is 2. The highest BCUT2D eigenvalue weighted by atomic mass is 79.9. The van der Waals surface area contributed by atoms with Gasteiger partial charge in [0.2, 0.25) is 0 Å². The molecule has 166 valence electrons. The van der Waals surface area contributed by atoms with Crippen LogP contribution in [-0.2, 0) is 0 Å². The Bertz CT molecular complexity index is 1620. The Hall–Kier alpha value is -3.34. The minimum atomic E-state index is 0.775. The first-order valence-electron chi connectivity index (χ1n) is 10.9. The van der Waals surface area contributed by atoms with E-state index in [9.17, 15) is 0 Å². The van der Waals surface area contributed by atoms with E-state index >= 15 is 0 Å². The molecule has 0 unspecified atom stereocenters. The number of hydrogen-bond acceptors (Lipinski definition) is 2. The fourth-order valence-corrected chi connectivity index (χ4v) is 4.99. The zero-order valence-electron chi connectivity index (χ0n) is 18.4. The highest BCUT2D eigenvalue weighted by molar-refractivity contribution is 9.12. The summed E-state index contributed by atoms with van der Waals surface area (Å²) in [5, 5.41) is 14.3. The van der Waals surface area contributed by atoms with Crippen molar-refractivity contribution in [1.29, 1.82) is 0 Å². The third kappa shape index (κ3) is 4.15. The molecule has 0 fully saturated rings. The van der Waals surface area contributed by atoms with Crippen molar-refractivity contribution in [1.82, 2.24) is 0 Å². The molecule has 0 bridgehead atoms. The van der Waals surface area contributed by atoms with Gasteiger partial charge in [0.1, 0.15) is 0 Å². The van der Waals surface area contributed by atoms with Crippen LogP contribution in [0.3, 0.4) is 0 Å². The van der Waals surface area contributed by atoms with E-state index in [4.69, 9.17) is 0 Å². The Morgan fingerprint density at radius 1 is 0.735 bits per heavy atom. The lowest BCUT2D eigenvalue weighted by molar-refractivity contribution is 1.51. The molecule has 0 radical (unpaired) electrons. The van der Waals surface area contributed by atoms with Crippen LogP contribution in [0.25, 0.3) is 32.3 Å². The van der Waals surface area contributed by atoms with Gasteiger partial charge in [-0.2, -0.15) is 0 Å². The van der Waals surface area contributed by atoms with E-state index in [0.29, 0.717) is 0 Å². The standard InChI is InChI=1S/C30H22Br2N2/c1-3-10-25(31)19(2)33-28-17-20-18-29(34-27-16-9-8-15-26(27)32)22-12-5-7-14-24(22)30(20)23-13-6-4-11-21(23)28/h3-18,33-34H,1-2H2/b25-10+. The topological polar surface area (TPSA) is 24.1 Å². The fraction of sp³-hybridized carbons (Fsp3) is 0. The summed E-state index contributed by atoms with van der Waals surface area (Å²) in [7, 11) is 0. The van der Waals surface area contributed by atoms with Crippen LogP contribution in [0.2, 0.25) is 0 Å². The van der Waals surface area contributed by atoms with Gasteiger partial charge in [0.15, 0.2) is 0 Å². The lowest BCUT2D eigenvalue weighted by Crippen LogP contribution is -2.00. The van der Waals surface area contributed by atoms with Crippen molar-refractivity contribution < 1.29 is 0 Å². The van der Waals surface area contributed by atoms with Crippen molar-refractivity contribution in [2.24, 2.45) is 0 Å². The maximum absolute atomic E-state index is 4.20. The third-order valence-corrected chi connectivity index (χ3v) is 7.28. The molecule has 5 aromatic rings. The zero-order chi connectivity index (χ0) is 23.7. The average molecular weight is 570 g/mol. The van der Waals surface area contributed by atoms with Gasteiger partial charge in [0, 0.05) is 36.8 Å². The summed E-state index contributed by atoms with van der Waals surface area (Å²) >= 11 is 7.24. The molecule has 5 rings (SSSR count). The SMILES string of the molecule is C=C/C=C(/Br)C(=C)Nc1cc2cc(Nc3ccccc3Br)c3ccccc3c2c2ccccc12. The van der Waals surface area contributed by atoms with Crippen molar-refractivity contribution in [3.05, 3.63) is 125 Å². The smallest absolute Gasteiger partial charge is 0.0528 e. The van der Waals surface area contributed by atoms with Gasteiger partial charge in [-0.3, -0.25) is 0 Å². The van der Waals surface area contributed by atoms with Crippen molar-refractivity contribution in [3.8, 4) is 0 Å². The van der Waals surface area contributed by atoms with Gasteiger partial charge in [-0.05, 0) is 83.7 Å². The first-order chi connectivity index (χ1) is 16.6. The molecule has 2 N–H and O–H groups in total. The number of nitrogens with one attached hydrogen (secondary N) is 2. The lowest BCUT2D eigenvalue weighted by Gasteiger charge is -2.18. The summed E-state index contributed by atoms with van der Waals surface area (Å²) < 4.78 is 1.89. The molecule has 34 heavy (non-hydrogen) atoms. The number of anilines is 3. The Labute approximate surface area is 215 Å². The predicted molar refractivity (Wildman–Crippen MR) is 156 cm³/mol. The minimum absolute atomic E-state index is 0.775. The third-order valence-electron chi connectivity index (χ3n) is 5.84. The molecule has 0 aliphatic rings. The van der Waals surface area contributed by atoms with Crippen LogP contribution < -0.4 is 10.6 Å². The van der Waals surface area contributed by atoms with Crippen LogP contribution in [0, 0.1) is 0 Å². The zero-order valence-corrected chi connectivity index (χ0v) is 21.6. The Morgan fingerprint density at radius 2 is 1.29 bits per heavy atom. The van der Waals surface area contributed by atoms with Crippen molar-refractivity contribution in [3.63, 3.8) is 0 Å². The van der Waals surface area contributed by atoms with Crippen LogP contribution in [0.15, 0.2) is 125 Å². The van der Waals surface area contributed by atoms with Crippen LogP contribution in [0.4, 0.5) is 17.1 Å². The van der Waals surface area contributed by atoms with Gasteiger partial charge >= 0.3 is 0 Å². The Kier molecular flexibility index (Phi) is 6.27. The Morgan fingerprint density at radius 3 is 1.94 bits per heavy atom. The molecule has 0 atom stereocenters. The molecule has 0 heterocycles. The first kappa shape index (κ1) is 22.5. The molecule has 0 saturated carbocycles. The van der Waals surface area contributed by atoms with Gasteiger partial charge in [0.05, 0.1) is 5.69 Å². The van der Waals surface area contributed by atoms with E-state index in [1.165, 1.54) is 21.5 Å². The van der Waals surface area contributed by atoms with E-state index in [1.807, 2.05) is 24.3 Å². The Balaban J connectivity index is 1.77. The predicted octanol–water partition coefficient (Wildman–Crippen LogP) is 10.0. The number of allylic oxidation sites excluding steroid dienone is 3. The molecule has 0 aromatic heterocycles. The van der Waals surface area contributed by atoms with Crippen LogP contribution in [0.5, 0.6) is 0 Å². The maximum Gasteiger partial charge on any atom is 0.0528 e. The quantitative estimate of drug-likeness (QED) is 0.157. The molecule has 0 aliphatic carbocycles. The van der Waals surface area contributed by atoms with Gasteiger partial charge in [-0.15, -0.1) is 0 Å². The molecule has 0 spiro atoms. The second-order valence-electron chi connectivity index (χ2n) is 8.00. The number of para-hydroxylation sites is 1. The summed E-state index contributed by atoms with van der Waals surface area (Å²) in [4.78, 5) is 0. The number of benzene rings is 5. The van der Waals surface area contributed by atoms with Crippen molar-refractivity contribution in [2.75, 3.05) is 10.6 Å². The molecule has 0 amide bonds. The normalized spacial score (nSPS) is 11.6. The minimum Gasteiger partial charge on any atom is -0.355 e. The monoisotopic (exact) mass is 568 g/mol. The number of fused-ring (bicyclic) bond motifs is 5. The molecule has 0 aliphatic heterocycles. The fourth-order valence-electron chi connectivity index (χ4n) is 4.32. The maximum atomic E-state index is 4.20. The molecular formula is C30H22Br2N2. The summed E-state index contributed by atoms with van der Waals surface area (Å²) in [6.07, 6.45) is 3.62. The largest absolute Gasteiger partial charge is 0.355 e. The highest BCUT2D eigenvalue weighted by Gasteiger charge is 2.14. The summed E-state index contributed by atoms with van der Waals surface area (Å²) in [5.74, 6) is 0. The first-order valence-corrected chi connectivity index (χ1v) is 12.5. The molecule has 4 heteroatoms. The van der Waals surface area contributed by atoms with Crippen LogP contribution in [-0.4, -0.2) is 0 Å². The number of rotatable bonds is 6. The average Bonchev–Trinajstić information content (AvgIpc) is 2.85. The van der Waals surface area contributed by atoms with E-state index in [1.54, 1.807) is 6.08 Å². The van der Waals surface area contributed by atoms with Gasteiger partial charge < -0.3 is 10.6 Å². The van der Waals surface area contributed by atoms with Crippen molar-refractivity contribution in [2.45, 2.75) is 0 Å². The lowest BCUT2D eigenvalue weighted by atomic mass is 9.94. The van der Waals surface area contributed by atoms with E-state index in [0.717, 1.165) is 42.5 Å². The highest BCUT2D eigenvalue weighted by Crippen LogP contribution is 2.41. The van der Waals surface area contributed by atoms with Gasteiger partial charge in [-0.25, -0.2) is 0 Å². The molecule has 2 nitrogen and oxygen atoms in total. The molecular weight excluding hydrogens is 548 g/mol. The molecule has 0 saturated heterocycles. The van der Waals surface area contributed by atoms with E-state index < -0.39 is 0 Å². The van der Waals surface area contributed by atoms with Gasteiger partial charge in [0.25, 0.3) is 0 Å². The van der Waals surface area contributed by atoms with Crippen LogP contribution >= 0.6 is 31.9 Å². The number of halogens is 2. The van der Waals surface area contributed by atoms with E-state index in [2.05, 4.69) is 122 Å². The van der Waals surface area contributed by atoms with Gasteiger partial charge in [-0.1, -0.05) is 79.9 Å². The van der Waals surface area contributed by atoms with Crippen LogP contribution in [0.1, 0.15) is 0 Å². The molecule has 5 aromatic carbocycles. The summed E-state index contributed by atoms with van der Waals surface area (Å²) in [6.45, 7) is 7.97. The second kappa shape index (κ2) is 9.49.